The molecule has 0 unspecified atom stereocenters. The molecule has 1 aliphatic carbocycles. The Morgan fingerprint density at radius 2 is 2.28 bits per heavy atom. The molecule has 5 heteroatoms. The molecule has 1 aliphatic rings. The summed E-state index contributed by atoms with van der Waals surface area (Å²) in [6, 6.07) is 2.04. The lowest BCUT2D eigenvalue weighted by Crippen LogP contribution is -2.07. The third-order valence-electron chi connectivity index (χ3n) is 4.16. The lowest BCUT2D eigenvalue weighted by Gasteiger charge is -2.13. The highest BCUT2D eigenvalue weighted by molar-refractivity contribution is 5.74. The molecule has 2 atom stereocenters. The molecule has 3 aromatic heterocycles. The van der Waals surface area contributed by atoms with Crippen molar-refractivity contribution in [2.75, 3.05) is 0 Å². The lowest BCUT2D eigenvalue weighted by atomic mass is 9.97. The first-order valence-corrected chi connectivity index (χ1v) is 6.52. The van der Waals surface area contributed by atoms with Gasteiger partial charge in [-0.25, -0.2) is 4.98 Å². The van der Waals surface area contributed by atoms with E-state index in [0.29, 0.717) is 11.8 Å². The van der Waals surface area contributed by atoms with Crippen molar-refractivity contribution in [2.45, 2.75) is 32.1 Å². The van der Waals surface area contributed by atoms with Crippen LogP contribution in [0.4, 0.5) is 0 Å². The van der Waals surface area contributed by atoms with Crippen LogP contribution in [-0.4, -0.2) is 24.6 Å². The monoisotopic (exact) mass is 241 g/mol. The SMILES string of the molecule is C[C@@H]1CCC[C@@H]1c1nnc2cnc3[nH]ccc3n12. The van der Waals surface area contributed by atoms with Crippen LogP contribution in [-0.2, 0) is 0 Å². The van der Waals surface area contributed by atoms with Gasteiger partial charge in [0, 0.05) is 12.1 Å². The highest BCUT2D eigenvalue weighted by atomic mass is 15.3. The van der Waals surface area contributed by atoms with Crippen LogP contribution in [0.2, 0.25) is 0 Å². The van der Waals surface area contributed by atoms with Crippen molar-refractivity contribution in [3.05, 3.63) is 24.3 Å². The topological polar surface area (TPSA) is 58.9 Å². The van der Waals surface area contributed by atoms with Gasteiger partial charge >= 0.3 is 0 Å². The van der Waals surface area contributed by atoms with Crippen molar-refractivity contribution < 1.29 is 0 Å². The molecule has 0 aromatic carbocycles. The van der Waals surface area contributed by atoms with Gasteiger partial charge in [0.05, 0.1) is 11.7 Å². The minimum atomic E-state index is 0.528. The van der Waals surface area contributed by atoms with Gasteiger partial charge < -0.3 is 4.98 Å². The summed E-state index contributed by atoms with van der Waals surface area (Å²) in [7, 11) is 0. The van der Waals surface area contributed by atoms with Crippen molar-refractivity contribution in [1.82, 2.24) is 24.6 Å². The van der Waals surface area contributed by atoms with E-state index >= 15 is 0 Å². The van der Waals surface area contributed by atoms with E-state index in [1.807, 2.05) is 12.3 Å². The number of hydrogen-bond acceptors (Lipinski definition) is 3. The second-order valence-corrected chi connectivity index (χ2v) is 5.24. The Hall–Kier alpha value is -1.91. The number of hydrogen-bond donors (Lipinski definition) is 1. The molecule has 0 radical (unpaired) electrons. The molecule has 3 aromatic rings. The zero-order chi connectivity index (χ0) is 12.1. The quantitative estimate of drug-likeness (QED) is 0.712. The van der Waals surface area contributed by atoms with Crippen molar-refractivity contribution >= 4 is 16.8 Å². The number of nitrogens with zero attached hydrogens (tertiary/aromatic N) is 4. The molecule has 0 amide bonds. The van der Waals surface area contributed by atoms with Gasteiger partial charge in [0.25, 0.3) is 0 Å². The second-order valence-electron chi connectivity index (χ2n) is 5.24. The standard InChI is InChI=1S/C13H15N5/c1-8-3-2-4-9(8)13-17-16-11-7-15-12-10(18(11)13)5-6-14-12/h5-9,14H,2-4H2,1H3/t8-,9+/m1/s1. The Bertz CT molecular complexity index is 710. The third kappa shape index (κ3) is 1.24. The summed E-state index contributed by atoms with van der Waals surface area (Å²) in [5.41, 5.74) is 2.82. The first kappa shape index (κ1) is 10.1. The third-order valence-corrected chi connectivity index (χ3v) is 4.16. The molecule has 0 spiro atoms. The van der Waals surface area contributed by atoms with E-state index < -0.39 is 0 Å². The minimum Gasteiger partial charge on any atom is -0.345 e. The van der Waals surface area contributed by atoms with Crippen LogP contribution in [0.25, 0.3) is 16.8 Å². The van der Waals surface area contributed by atoms with Crippen molar-refractivity contribution in [2.24, 2.45) is 5.92 Å². The van der Waals surface area contributed by atoms with E-state index in [-0.39, 0.29) is 0 Å². The minimum absolute atomic E-state index is 0.528. The van der Waals surface area contributed by atoms with Crippen molar-refractivity contribution in [3.8, 4) is 0 Å². The number of aromatic amines is 1. The molecule has 0 aliphatic heterocycles. The maximum atomic E-state index is 4.42. The van der Waals surface area contributed by atoms with E-state index in [1.165, 1.54) is 19.3 Å². The Kier molecular flexibility index (Phi) is 1.98. The first-order chi connectivity index (χ1) is 8.84. The van der Waals surface area contributed by atoms with Gasteiger partial charge in [0.1, 0.15) is 5.82 Å². The molecule has 1 fully saturated rings. The Balaban J connectivity index is 2.02. The van der Waals surface area contributed by atoms with Gasteiger partial charge in [-0.15, -0.1) is 10.2 Å². The number of fused-ring (bicyclic) bond motifs is 3. The molecule has 1 N–H and O–H groups in total. The summed E-state index contributed by atoms with van der Waals surface area (Å²) in [5.74, 6) is 2.32. The fourth-order valence-electron chi connectivity index (χ4n) is 3.17. The highest BCUT2D eigenvalue weighted by Crippen LogP contribution is 2.38. The molecule has 1 saturated carbocycles. The summed E-state index contributed by atoms with van der Waals surface area (Å²) >= 11 is 0. The molecule has 0 bridgehead atoms. The highest BCUT2D eigenvalue weighted by Gasteiger charge is 2.29. The van der Waals surface area contributed by atoms with Crippen LogP contribution < -0.4 is 0 Å². The second kappa shape index (κ2) is 3.54. The molecule has 18 heavy (non-hydrogen) atoms. The average Bonchev–Trinajstić information content (AvgIpc) is 3.04. The molecule has 0 saturated heterocycles. The normalized spacial score (nSPS) is 24.3. The van der Waals surface area contributed by atoms with Crippen LogP contribution in [0.3, 0.4) is 0 Å². The van der Waals surface area contributed by atoms with Gasteiger partial charge in [0.2, 0.25) is 0 Å². The molecular weight excluding hydrogens is 226 g/mol. The number of nitrogens with one attached hydrogen (secondary N) is 1. The van der Waals surface area contributed by atoms with Crippen LogP contribution in [0.15, 0.2) is 18.5 Å². The zero-order valence-electron chi connectivity index (χ0n) is 10.3. The zero-order valence-corrected chi connectivity index (χ0v) is 10.3. The summed E-state index contributed by atoms with van der Waals surface area (Å²) in [6.45, 7) is 2.31. The number of aromatic nitrogens is 5. The number of rotatable bonds is 1. The van der Waals surface area contributed by atoms with Crippen LogP contribution >= 0.6 is 0 Å². The largest absolute Gasteiger partial charge is 0.345 e. The van der Waals surface area contributed by atoms with Gasteiger partial charge in [0.15, 0.2) is 11.3 Å². The maximum absolute atomic E-state index is 4.42. The van der Waals surface area contributed by atoms with E-state index in [9.17, 15) is 0 Å². The van der Waals surface area contributed by atoms with Crippen molar-refractivity contribution in [3.63, 3.8) is 0 Å². The summed E-state index contributed by atoms with van der Waals surface area (Å²) in [6.07, 6.45) is 7.51. The van der Waals surface area contributed by atoms with Gasteiger partial charge in [-0.1, -0.05) is 13.3 Å². The average molecular weight is 241 g/mol. The first-order valence-electron chi connectivity index (χ1n) is 6.52. The molecule has 4 rings (SSSR count). The molecule has 5 nitrogen and oxygen atoms in total. The molecule has 92 valence electrons. The summed E-state index contributed by atoms with van der Waals surface area (Å²) in [4.78, 5) is 7.49. The molecular formula is C13H15N5. The van der Waals surface area contributed by atoms with Crippen molar-refractivity contribution in [1.29, 1.82) is 0 Å². The predicted octanol–water partition coefficient (Wildman–Crippen LogP) is 2.51. The Labute approximate surface area is 104 Å². The fraction of sp³-hybridized carbons (Fsp3) is 0.462. The smallest absolute Gasteiger partial charge is 0.179 e. The van der Waals surface area contributed by atoms with Gasteiger partial charge in [-0.3, -0.25) is 4.40 Å². The summed E-state index contributed by atoms with van der Waals surface area (Å²) in [5, 5.41) is 8.68. The number of H-pyrrole nitrogens is 1. The predicted molar refractivity (Wildman–Crippen MR) is 68.4 cm³/mol. The summed E-state index contributed by atoms with van der Waals surface area (Å²) < 4.78 is 2.16. The molecule has 3 heterocycles. The van der Waals surface area contributed by atoms with Crippen LogP contribution in [0.5, 0.6) is 0 Å². The fourth-order valence-corrected chi connectivity index (χ4v) is 3.17. The van der Waals surface area contributed by atoms with E-state index in [2.05, 4.69) is 31.5 Å². The Morgan fingerprint density at radius 1 is 1.33 bits per heavy atom. The van der Waals surface area contributed by atoms with E-state index in [1.54, 1.807) is 6.20 Å². The lowest BCUT2D eigenvalue weighted by molar-refractivity contribution is 0.507. The van der Waals surface area contributed by atoms with Crippen LogP contribution in [0, 0.1) is 5.92 Å². The maximum Gasteiger partial charge on any atom is 0.179 e. The van der Waals surface area contributed by atoms with E-state index in [4.69, 9.17) is 0 Å². The Morgan fingerprint density at radius 3 is 3.11 bits per heavy atom. The van der Waals surface area contributed by atoms with E-state index in [0.717, 1.165) is 22.6 Å². The van der Waals surface area contributed by atoms with Crippen LogP contribution in [0.1, 0.15) is 37.9 Å². The van der Waals surface area contributed by atoms with Gasteiger partial charge in [-0.05, 0) is 24.8 Å². The van der Waals surface area contributed by atoms with Gasteiger partial charge in [-0.2, -0.15) is 0 Å².